The molecule has 0 aromatic heterocycles. The number of amides is 1. The highest BCUT2D eigenvalue weighted by Gasteiger charge is 2.26. The second kappa shape index (κ2) is 7.21. The summed E-state index contributed by atoms with van der Waals surface area (Å²) in [6.45, 7) is 2.46. The Balaban J connectivity index is 2.06. The van der Waals surface area contributed by atoms with Crippen LogP contribution in [0.2, 0.25) is 0 Å². The maximum atomic E-state index is 14.0. The molecule has 0 spiro atoms. The predicted molar refractivity (Wildman–Crippen MR) is 76.3 cm³/mol. The molecule has 0 aliphatic carbocycles. The van der Waals surface area contributed by atoms with Crippen molar-refractivity contribution in [1.82, 2.24) is 5.32 Å². The third-order valence-electron chi connectivity index (χ3n) is 3.38. The molecule has 1 saturated heterocycles. The van der Waals surface area contributed by atoms with Gasteiger partial charge in [-0.2, -0.15) is 0 Å². The Morgan fingerprint density at radius 2 is 2.38 bits per heavy atom. The summed E-state index contributed by atoms with van der Waals surface area (Å²) >= 11 is 0. The fourth-order valence-electron chi connectivity index (χ4n) is 2.16. The number of nitrogens with one attached hydrogen (secondary N) is 1. The summed E-state index contributed by atoms with van der Waals surface area (Å²) in [7, 11) is 0. The average molecular weight is 291 g/mol. The van der Waals surface area contributed by atoms with Gasteiger partial charge in [0.05, 0.1) is 24.3 Å². The highest BCUT2D eigenvalue weighted by atomic mass is 19.1. The Kier molecular flexibility index (Phi) is 5.32. The molecular weight excluding hydrogens is 273 g/mol. The van der Waals surface area contributed by atoms with Crippen molar-refractivity contribution < 1.29 is 19.0 Å². The van der Waals surface area contributed by atoms with Crippen LogP contribution in [-0.2, 0) is 4.74 Å². The molecule has 1 aliphatic rings. The molecule has 2 unspecified atom stereocenters. The molecule has 1 aromatic rings. The van der Waals surface area contributed by atoms with Crippen molar-refractivity contribution in [2.24, 2.45) is 0 Å². The van der Waals surface area contributed by atoms with E-state index in [-0.39, 0.29) is 24.3 Å². The lowest BCUT2D eigenvalue weighted by atomic mass is 10.1. The summed E-state index contributed by atoms with van der Waals surface area (Å²) in [6, 6.07) is 4.17. The maximum Gasteiger partial charge on any atom is 0.254 e. The monoisotopic (exact) mass is 291 g/mol. The van der Waals surface area contributed by atoms with Crippen molar-refractivity contribution in [2.75, 3.05) is 13.2 Å². The molecule has 2 N–H and O–H groups in total. The first-order valence-electron chi connectivity index (χ1n) is 6.93. The standard InChI is InChI=1S/C16H18FNO3/c1-11-15(7-9-21-11)18-16(20)13-6-5-12(10-14(13)17)4-2-3-8-19/h5-6,10-11,15,19H,3,7-9H2,1H3,(H,18,20). The second-order valence-electron chi connectivity index (χ2n) is 4.91. The van der Waals surface area contributed by atoms with E-state index >= 15 is 0 Å². The van der Waals surface area contributed by atoms with E-state index in [1.165, 1.54) is 12.1 Å². The summed E-state index contributed by atoms with van der Waals surface area (Å²) in [4.78, 5) is 12.1. The van der Waals surface area contributed by atoms with Crippen molar-refractivity contribution in [2.45, 2.75) is 31.9 Å². The molecule has 0 radical (unpaired) electrons. The van der Waals surface area contributed by atoms with Crippen LogP contribution < -0.4 is 5.32 Å². The number of carbonyl (C=O) groups is 1. The van der Waals surface area contributed by atoms with E-state index in [2.05, 4.69) is 17.2 Å². The number of rotatable bonds is 3. The Hall–Kier alpha value is -1.90. The number of hydrogen-bond acceptors (Lipinski definition) is 3. The van der Waals surface area contributed by atoms with Crippen molar-refractivity contribution in [3.8, 4) is 11.8 Å². The summed E-state index contributed by atoms with van der Waals surface area (Å²) in [6.07, 6.45) is 1.02. The fourth-order valence-corrected chi connectivity index (χ4v) is 2.16. The number of aliphatic hydroxyl groups excluding tert-OH is 1. The largest absolute Gasteiger partial charge is 0.395 e. The minimum Gasteiger partial charge on any atom is -0.395 e. The van der Waals surface area contributed by atoms with Crippen LogP contribution in [0, 0.1) is 17.7 Å². The lowest BCUT2D eigenvalue weighted by molar-refractivity contribution is 0.0862. The molecule has 1 fully saturated rings. The molecular formula is C16H18FNO3. The van der Waals surface area contributed by atoms with Gasteiger partial charge in [0.2, 0.25) is 0 Å². The van der Waals surface area contributed by atoms with Gasteiger partial charge in [-0.25, -0.2) is 4.39 Å². The van der Waals surface area contributed by atoms with Gasteiger partial charge >= 0.3 is 0 Å². The topological polar surface area (TPSA) is 58.6 Å². The van der Waals surface area contributed by atoms with E-state index in [0.717, 1.165) is 6.42 Å². The molecule has 1 amide bonds. The lowest BCUT2D eigenvalue weighted by Crippen LogP contribution is -2.39. The smallest absolute Gasteiger partial charge is 0.254 e. The minimum absolute atomic E-state index is 0.00167. The molecule has 112 valence electrons. The quantitative estimate of drug-likeness (QED) is 0.829. The van der Waals surface area contributed by atoms with Crippen LogP contribution in [0.3, 0.4) is 0 Å². The summed E-state index contributed by atoms with van der Waals surface area (Å²) in [5.41, 5.74) is 0.483. The Bertz CT molecular complexity index is 577. The molecule has 1 aromatic carbocycles. The number of benzene rings is 1. The van der Waals surface area contributed by atoms with Crippen LogP contribution in [0.15, 0.2) is 18.2 Å². The van der Waals surface area contributed by atoms with Gasteiger partial charge in [0.25, 0.3) is 5.91 Å². The zero-order valence-electron chi connectivity index (χ0n) is 11.9. The van der Waals surface area contributed by atoms with Crippen molar-refractivity contribution in [3.63, 3.8) is 0 Å². The predicted octanol–water partition coefficient (Wildman–Crippen LogP) is 1.47. The molecule has 4 nitrogen and oxygen atoms in total. The van der Waals surface area contributed by atoms with Gasteiger partial charge in [-0.15, -0.1) is 0 Å². The van der Waals surface area contributed by atoms with Gasteiger partial charge < -0.3 is 15.2 Å². The first-order chi connectivity index (χ1) is 10.1. The van der Waals surface area contributed by atoms with E-state index in [9.17, 15) is 9.18 Å². The number of ether oxygens (including phenoxy) is 1. The van der Waals surface area contributed by atoms with Crippen LogP contribution >= 0.6 is 0 Å². The number of carbonyl (C=O) groups excluding carboxylic acids is 1. The van der Waals surface area contributed by atoms with Crippen LogP contribution in [0.1, 0.15) is 35.7 Å². The Morgan fingerprint density at radius 3 is 3.00 bits per heavy atom. The summed E-state index contributed by atoms with van der Waals surface area (Å²) < 4.78 is 19.3. The Morgan fingerprint density at radius 1 is 1.57 bits per heavy atom. The molecule has 2 atom stereocenters. The van der Waals surface area contributed by atoms with E-state index in [1.54, 1.807) is 6.07 Å². The van der Waals surface area contributed by atoms with E-state index < -0.39 is 11.7 Å². The third-order valence-corrected chi connectivity index (χ3v) is 3.38. The first kappa shape index (κ1) is 15.5. The molecule has 5 heteroatoms. The van der Waals surface area contributed by atoms with Crippen molar-refractivity contribution in [1.29, 1.82) is 0 Å². The number of aliphatic hydroxyl groups is 1. The second-order valence-corrected chi connectivity index (χ2v) is 4.91. The molecule has 0 bridgehead atoms. The summed E-state index contributed by atoms with van der Waals surface area (Å²) in [5.74, 6) is 4.40. The Labute approximate surface area is 123 Å². The molecule has 21 heavy (non-hydrogen) atoms. The SMILES string of the molecule is CC1OCCC1NC(=O)c1ccc(C#CCCO)cc1F. The minimum atomic E-state index is -0.602. The van der Waals surface area contributed by atoms with Crippen LogP contribution in [0.25, 0.3) is 0 Å². The van der Waals surface area contributed by atoms with E-state index in [0.29, 0.717) is 18.6 Å². The number of halogens is 1. The maximum absolute atomic E-state index is 14.0. The van der Waals surface area contributed by atoms with Crippen molar-refractivity contribution in [3.05, 3.63) is 35.1 Å². The van der Waals surface area contributed by atoms with Gasteiger partial charge in [-0.1, -0.05) is 11.8 Å². The normalized spacial score (nSPS) is 20.7. The van der Waals surface area contributed by atoms with E-state index in [4.69, 9.17) is 9.84 Å². The molecule has 1 heterocycles. The summed E-state index contributed by atoms with van der Waals surface area (Å²) in [5, 5.41) is 11.4. The first-order valence-corrected chi connectivity index (χ1v) is 6.93. The third kappa shape index (κ3) is 4.03. The van der Waals surface area contributed by atoms with E-state index in [1.807, 2.05) is 6.92 Å². The zero-order valence-corrected chi connectivity index (χ0v) is 11.9. The van der Waals surface area contributed by atoms with Crippen LogP contribution in [0.4, 0.5) is 4.39 Å². The van der Waals surface area contributed by atoms with Crippen LogP contribution in [0.5, 0.6) is 0 Å². The van der Waals surface area contributed by atoms with Crippen molar-refractivity contribution >= 4 is 5.91 Å². The van der Waals surface area contributed by atoms with Gasteiger partial charge in [0.1, 0.15) is 5.82 Å². The highest BCUT2D eigenvalue weighted by molar-refractivity contribution is 5.94. The fraction of sp³-hybridized carbons (Fsp3) is 0.438. The number of hydrogen-bond donors (Lipinski definition) is 2. The average Bonchev–Trinajstić information content (AvgIpc) is 2.84. The van der Waals surface area contributed by atoms with Gasteiger partial charge in [-0.3, -0.25) is 4.79 Å². The van der Waals surface area contributed by atoms with Gasteiger partial charge in [0.15, 0.2) is 0 Å². The molecule has 1 aliphatic heterocycles. The molecule has 0 saturated carbocycles. The molecule has 2 rings (SSSR count). The zero-order chi connectivity index (χ0) is 15.2. The highest BCUT2D eigenvalue weighted by Crippen LogP contribution is 2.15. The van der Waals surface area contributed by atoms with Gasteiger partial charge in [-0.05, 0) is 31.5 Å². The lowest BCUT2D eigenvalue weighted by Gasteiger charge is -2.16. The van der Waals surface area contributed by atoms with Crippen LogP contribution in [-0.4, -0.2) is 36.4 Å². The van der Waals surface area contributed by atoms with Gasteiger partial charge in [0, 0.05) is 18.6 Å².